The second-order valence-electron chi connectivity index (χ2n) is 4.90. The van der Waals surface area contributed by atoms with E-state index in [-0.39, 0.29) is 12.5 Å². The van der Waals surface area contributed by atoms with Crippen LogP contribution < -0.4 is 5.32 Å². The Kier molecular flexibility index (Phi) is 5.76. The monoisotopic (exact) mass is 377 g/mol. The van der Waals surface area contributed by atoms with Crippen molar-refractivity contribution in [1.29, 1.82) is 0 Å². The summed E-state index contributed by atoms with van der Waals surface area (Å²) in [6.45, 7) is 3.45. The zero-order valence-corrected chi connectivity index (χ0v) is 14.3. The van der Waals surface area contributed by atoms with Crippen LogP contribution in [0.25, 0.3) is 6.08 Å². The summed E-state index contributed by atoms with van der Waals surface area (Å²) in [5, 5.41) is 2.75. The van der Waals surface area contributed by atoms with Gasteiger partial charge in [0.2, 0.25) is 0 Å². The molecule has 6 heteroatoms. The Balaban J connectivity index is 1.84. The first kappa shape index (κ1) is 17.0. The van der Waals surface area contributed by atoms with Gasteiger partial charge in [-0.15, -0.1) is 0 Å². The molecule has 0 aliphatic heterocycles. The van der Waals surface area contributed by atoms with Gasteiger partial charge in [0.25, 0.3) is 5.91 Å². The number of carbonyl (C=O) groups excluding carboxylic acids is 2. The molecule has 0 unspecified atom stereocenters. The zero-order chi connectivity index (χ0) is 16.8. The van der Waals surface area contributed by atoms with E-state index in [4.69, 9.17) is 9.15 Å². The average Bonchev–Trinajstić information content (AvgIpc) is 2.92. The molecule has 1 aromatic heterocycles. The van der Waals surface area contributed by atoms with Crippen molar-refractivity contribution in [3.8, 4) is 0 Å². The highest BCUT2D eigenvalue weighted by atomic mass is 79.9. The van der Waals surface area contributed by atoms with Crippen molar-refractivity contribution >= 4 is 39.6 Å². The van der Waals surface area contributed by atoms with Crippen LogP contribution in [0.2, 0.25) is 0 Å². The number of hydrogen-bond acceptors (Lipinski definition) is 4. The maximum Gasteiger partial charge on any atom is 0.331 e. The Morgan fingerprint density at radius 1 is 1.22 bits per heavy atom. The van der Waals surface area contributed by atoms with Gasteiger partial charge in [0.05, 0.1) is 0 Å². The van der Waals surface area contributed by atoms with Crippen molar-refractivity contribution in [3.63, 3.8) is 0 Å². The summed E-state index contributed by atoms with van der Waals surface area (Å²) in [7, 11) is 0. The van der Waals surface area contributed by atoms with Crippen LogP contribution in [0.3, 0.4) is 0 Å². The summed E-state index contributed by atoms with van der Waals surface area (Å²) in [5.41, 5.74) is 2.64. The molecule has 0 aliphatic carbocycles. The Labute approximate surface area is 142 Å². The van der Waals surface area contributed by atoms with E-state index in [1.54, 1.807) is 12.1 Å². The number of halogens is 1. The van der Waals surface area contributed by atoms with Crippen LogP contribution in [-0.4, -0.2) is 18.5 Å². The second kappa shape index (κ2) is 7.78. The van der Waals surface area contributed by atoms with E-state index in [9.17, 15) is 9.59 Å². The number of hydrogen-bond donors (Lipinski definition) is 1. The summed E-state index contributed by atoms with van der Waals surface area (Å²) >= 11 is 3.16. The lowest BCUT2D eigenvalue weighted by atomic mass is 10.1. The lowest BCUT2D eigenvalue weighted by molar-refractivity contribution is -0.142. The van der Waals surface area contributed by atoms with Crippen molar-refractivity contribution < 1.29 is 18.7 Å². The highest BCUT2D eigenvalue weighted by molar-refractivity contribution is 9.10. The number of ether oxygens (including phenoxy) is 1. The number of benzene rings is 1. The predicted molar refractivity (Wildman–Crippen MR) is 90.9 cm³/mol. The third kappa shape index (κ3) is 5.10. The molecule has 0 bridgehead atoms. The molecule has 1 amide bonds. The predicted octanol–water partition coefficient (Wildman–Crippen LogP) is 3.85. The Hall–Kier alpha value is -2.34. The van der Waals surface area contributed by atoms with Crippen LogP contribution in [0, 0.1) is 13.8 Å². The van der Waals surface area contributed by atoms with E-state index >= 15 is 0 Å². The molecule has 2 aromatic rings. The SMILES string of the molecule is Cc1cccc(C)c1NC(=O)COC(=O)/C=C/c1ccc(Br)o1. The van der Waals surface area contributed by atoms with Gasteiger partial charge >= 0.3 is 5.97 Å². The molecule has 2 rings (SSSR count). The van der Waals surface area contributed by atoms with E-state index in [1.165, 1.54) is 12.2 Å². The minimum absolute atomic E-state index is 0.348. The molecular formula is C17H16BrNO4. The van der Waals surface area contributed by atoms with Crippen molar-refractivity contribution in [2.24, 2.45) is 0 Å². The third-order valence-corrected chi connectivity index (χ3v) is 3.49. The Bertz CT molecular complexity index is 729. The number of para-hydroxylation sites is 1. The fraction of sp³-hybridized carbons (Fsp3) is 0.176. The lowest BCUT2D eigenvalue weighted by Crippen LogP contribution is -2.21. The van der Waals surface area contributed by atoms with E-state index in [0.29, 0.717) is 10.4 Å². The van der Waals surface area contributed by atoms with E-state index in [1.807, 2.05) is 32.0 Å². The number of furan rings is 1. The van der Waals surface area contributed by atoms with Gasteiger partial charge < -0.3 is 14.5 Å². The molecular weight excluding hydrogens is 362 g/mol. The maximum absolute atomic E-state index is 11.9. The van der Waals surface area contributed by atoms with Crippen LogP contribution in [0.5, 0.6) is 0 Å². The third-order valence-electron chi connectivity index (χ3n) is 3.07. The number of carbonyl (C=O) groups is 2. The van der Waals surface area contributed by atoms with Crippen LogP contribution in [0.4, 0.5) is 5.69 Å². The number of anilines is 1. The van der Waals surface area contributed by atoms with Crippen LogP contribution in [0.1, 0.15) is 16.9 Å². The Morgan fingerprint density at radius 2 is 1.91 bits per heavy atom. The molecule has 0 saturated carbocycles. The minimum Gasteiger partial charge on any atom is -0.452 e. The summed E-state index contributed by atoms with van der Waals surface area (Å²) in [6, 6.07) is 9.13. The van der Waals surface area contributed by atoms with Gasteiger partial charge in [-0.1, -0.05) is 18.2 Å². The number of nitrogens with one attached hydrogen (secondary N) is 1. The zero-order valence-electron chi connectivity index (χ0n) is 12.8. The molecule has 0 aliphatic rings. The second-order valence-corrected chi connectivity index (χ2v) is 5.68. The van der Waals surface area contributed by atoms with Gasteiger partial charge in [-0.25, -0.2) is 4.79 Å². The highest BCUT2D eigenvalue weighted by Gasteiger charge is 2.09. The summed E-state index contributed by atoms with van der Waals surface area (Å²) < 4.78 is 10.7. The average molecular weight is 378 g/mol. The topological polar surface area (TPSA) is 68.5 Å². The molecule has 0 fully saturated rings. The molecule has 5 nitrogen and oxygen atoms in total. The number of aryl methyl sites for hydroxylation is 2. The minimum atomic E-state index is -0.617. The molecule has 1 N–H and O–H groups in total. The fourth-order valence-corrected chi connectivity index (χ4v) is 2.26. The van der Waals surface area contributed by atoms with Crippen LogP contribution in [-0.2, 0) is 14.3 Å². The van der Waals surface area contributed by atoms with Crippen molar-refractivity contribution in [2.45, 2.75) is 13.8 Å². The van der Waals surface area contributed by atoms with Crippen molar-refractivity contribution in [1.82, 2.24) is 0 Å². The van der Waals surface area contributed by atoms with Crippen LogP contribution >= 0.6 is 15.9 Å². The standard InChI is InChI=1S/C17H16BrNO4/c1-11-4-3-5-12(2)17(11)19-15(20)10-22-16(21)9-7-13-6-8-14(18)23-13/h3-9H,10H2,1-2H3,(H,19,20)/b9-7+. The number of rotatable bonds is 5. The fourth-order valence-electron chi connectivity index (χ4n) is 1.94. The first-order chi connectivity index (χ1) is 11.0. The van der Waals surface area contributed by atoms with Gasteiger partial charge in [-0.05, 0) is 59.1 Å². The van der Waals surface area contributed by atoms with E-state index in [0.717, 1.165) is 16.8 Å². The van der Waals surface area contributed by atoms with Gasteiger partial charge in [0, 0.05) is 11.8 Å². The largest absolute Gasteiger partial charge is 0.452 e. The molecule has 23 heavy (non-hydrogen) atoms. The molecule has 120 valence electrons. The molecule has 0 spiro atoms. The van der Waals surface area contributed by atoms with Gasteiger partial charge in [-0.3, -0.25) is 4.79 Å². The smallest absolute Gasteiger partial charge is 0.331 e. The summed E-state index contributed by atoms with van der Waals surface area (Å²) in [6.07, 6.45) is 2.67. The molecule has 1 aromatic carbocycles. The molecule has 0 radical (unpaired) electrons. The summed E-state index contributed by atoms with van der Waals surface area (Å²) in [5.74, 6) is -0.493. The van der Waals surface area contributed by atoms with Gasteiger partial charge in [0.1, 0.15) is 5.76 Å². The molecule has 0 saturated heterocycles. The van der Waals surface area contributed by atoms with Gasteiger partial charge in [0.15, 0.2) is 11.3 Å². The quantitative estimate of drug-likeness (QED) is 0.634. The highest BCUT2D eigenvalue weighted by Crippen LogP contribution is 2.19. The van der Waals surface area contributed by atoms with Gasteiger partial charge in [-0.2, -0.15) is 0 Å². The Morgan fingerprint density at radius 3 is 2.52 bits per heavy atom. The lowest BCUT2D eigenvalue weighted by Gasteiger charge is -2.11. The van der Waals surface area contributed by atoms with Crippen molar-refractivity contribution in [2.75, 3.05) is 11.9 Å². The number of esters is 1. The summed E-state index contributed by atoms with van der Waals surface area (Å²) in [4.78, 5) is 23.4. The normalized spacial score (nSPS) is 10.7. The molecule has 0 atom stereocenters. The van der Waals surface area contributed by atoms with E-state index < -0.39 is 5.97 Å². The maximum atomic E-state index is 11.9. The van der Waals surface area contributed by atoms with Crippen molar-refractivity contribution in [3.05, 3.63) is 58.0 Å². The number of amides is 1. The first-order valence-corrected chi connectivity index (χ1v) is 7.71. The first-order valence-electron chi connectivity index (χ1n) is 6.92. The van der Waals surface area contributed by atoms with Crippen LogP contribution in [0.15, 0.2) is 45.5 Å². The molecule has 1 heterocycles. The van der Waals surface area contributed by atoms with E-state index in [2.05, 4.69) is 21.2 Å².